The quantitative estimate of drug-likeness (QED) is 0.799. The summed E-state index contributed by atoms with van der Waals surface area (Å²) < 4.78 is 5.28. The van der Waals surface area contributed by atoms with Crippen LogP contribution in [-0.4, -0.2) is 36.8 Å². The van der Waals surface area contributed by atoms with Gasteiger partial charge in [-0.15, -0.1) is 0 Å². The van der Waals surface area contributed by atoms with Crippen molar-refractivity contribution in [1.29, 1.82) is 0 Å². The molecule has 0 radical (unpaired) electrons. The molecular weight excluding hydrogens is 314 g/mol. The van der Waals surface area contributed by atoms with Crippen LogP contribution in [0.25, 0.3) is 0 Å². The molecule has 0 atom stereocenters. The highest BCUT2D eigenvalue weighted by Gasteiger charge is 2.29. The Hall–Kier alpha value is -2.62. The van der Waals surface area contributed by atoms with E-state index >= 15 is 0 Å². The second-order valence-corrected chi connectivity index (χ2v) is 6.50. The van der Waals surface area contributed by atoms with Gasteiger partial charge in [0, 0.05) is 24.6 Å². The summed E-state index contributed by atoms with van der Waals surface area (Å²) in [5, 5.41) is 0. The third-order valence-electron chi connectivity index (χ3n) is 4.83. The maximum absolute atomic E-state index is 12.7. The fourth-order valence-corrected chi connectivity index (χ4v) is 3.29. The number of methoxy groups -OCH3 is 1. The summed E-state index contributed by atoms with van der Waals surface area (Å²) in [6.07, 6.45) is 1.40. The van der Waals surface area contributed by atoms with Gasteiger partial charge in [0.25, 0.3) is 5.91 Å². The minimum atomic E-state index is -0.0290. The van der Waals surface area contributed by atoms with Crippen molar-refractivity contribution in [3.05, 3.63) is 65.2 Å². The van der Waals surface area contributed by atoms with Crippen molar-refractivity contribution in [3.8, 4) is 5.75 Å². The average molecular weight is 337 g/mol. The fourth-order valence-electron chi connectivity index (χ4n) is 3.29. The first-order valence-corrected chi connectivity index (χ1v) is 8.63. The van der Waals surface area contributed by atoms with E-state index in [2.05, 4.69) is 0 Å². The Balaban J connectivity index is 1.64. The Morgan fingerprint density at radius 2 is 1.64 bits per heavy atom. The normalized spacial score (nSPS) is 15.0. The van der Waals surface area contributed by atoms with Crippen molar-refractivity contribution in [2.45, 2.75) is 19.8 Å². The monoisotopic (exact) mass is 337 g/mol. The second-order valence-electron chi connectivity index (χ2n) is 6.50. The van der Waals surface area contributed by atoms with Gasteiger partial charge in [-0.2, -0.15) is 0 Å². The van der Waals surface area contributed by atoms with Crippen LogP contribution < -0.4 is 4.74 Å². The molecule has 3 rings (SSSR count). The van der Waals surface area contributed by atoms with Crippen LogP contribution in [0.1, 0.15) is 39.1 Å². The van der Waals surface area contributed by atoms with Crippen molar-refractivity contribution >= 4 is 11.7 Å². The zero-order valence-electron chi connectivity index (χ0n) is 14.7. The van der Waals surface area contributed by atoms with E-state index in [1.807, 2.05) is 48.2 Å². The molecule has 4 nitrogen and oxygen atoms in total. The van der Waals surface area contributed by atoms with Gasteiger partial charge in [0.2, 0.25) is 0 Å². The molecular formula is C21H23NO3. The van der Waals surface area contributed by atoms with Crippen molar-refractivity contribution in [3.63, 3.8) is 0 Å². The fraction of sp³-hybridized carbons (Fsp3) is 0.333. The average Bonchev–Trinajstić information content (AvgIpc) is 2.67. The number of piperidine rings is 1. The Kier molecular flexibility index (Phi) is 5.17. The minimum absolute atomic E-state index is 0.00979. The number of likely N-dealkylation sites (tertiary alicyclic amines) is 1. The van der Waals surface area contributed by atoms with Gasteiger partial charge < -0.3 is 9.64 Å². The highest BCUT2D eigenvalue weighted by atomic mass is 16.5. The summed E-state index contributed by atoms with van der Waals surface area (Å²) in [6.45, 7) is 3.20. The van der Waals surface area contributed by atoms with E-state index in [9.17, 15) is 9.59 Å². The summed E-state index contributed by atoms with van der Waals surface area (Å²) in [5.74, 6) is 0.734. The minimum Gasteiger partial charge on any atom is -0.496 e. The molecule has 130 valence electrons. The number of ketones is 1. The zero-order chi connectivity index (χ0) is 17.8. The van der Waals surface area contributed by atoms with Crippen molar-refractivity contribution < 1.29 is 14.3 Å². The summed E-state index contributed by atoms with van der Waals surface area (Å²) in [4.78, 5) is 27.2. The van der Waals surface area contributed by atoms with Crippen LogP contribution in [0.4, 0.5) is 0 Å². The molecule has 2 aromatic rings. The van der Waals surface area contributed by atoms with Crippen LogP contribution in [0.5, 0.6) is 5.75 Å². The first-order valence-electron chi connectivity index (χ1n) is 8.63. The smallest absolute Gasteiger partial charge is 0.257 e. The number of hydrogen-bond acceptors (Lipinski definition) is 3. The molecule has 0 saturated carbocycles. The van der Waals surface area contributed by atoms with Gasteiger partial charge in [0.05, 0.1) is 12.7 Å². The summed E-state index contributed by atoms with van der Waals surface area (Å²) >= 11 is 0. The molecule has 1 amide bonds. The largest absolute Gasteiger partial charge is 0.496 e. The van der Waals surface area contributed by atoms with Gasteiger partial charge in [-0.3, -0.25) is 9.59 Å². The SMILES string of the molecule is COc1ccccc1C(=O)N1CCC(C(=O)c2ccc(C)cc2)CC1. The molecule has 0 bridgehead atoms. The van der Waals surface area contributed by atoms with E-state index in [4.69, 9.17) is 4.74 Å². The zero-order valence-corrected chi connectivity index (χ0v) is 14.7. The van der Waals surface area contributed by atoms with Crippen molar-refractivity contribution in [2.75, 3.05) is 20.2 Å². The molecule has 2 aromatic carbocycles. The van der Waals surface area contributed by atoms with E-state index in [0.717, 1.165) is 11.1 Å². The molecule has 25 heavy (non-hydrogen) atoms. The Labute approximate surface area is 148 Å². The highest BCUT2D eigenvalue weighted by molar-refractivity contribution is 5.99. The Morgan fingerprint density at radius 1 is 1.00 bits per heavy atom. The third-order valence-corrected chi connectivity index (χ3v) is 4.83. The molecule has 1 aliphatic rings. The van der Waals surface area contributed by atoms with Gasteiger partial charge >= 0.3 is 0 Å². The van der Waals surface area contributed by atoms with Gasteiger partial charge in [-0.1, -0.05) is 42.0 Å². The molecule has 4 heteroatoms. The van der Waals surface area contributed by atoms with Crippen LogP contribution in [0, 0.1) is 12.8 Å². The number of carbonyl (C=O) groups is 2. The molecule has 0 spiro atoms. The molecule has 1 aliphatic heterocycles. The second kappa shape index (κ2) is 7.51. The number of benzene rings is 2. The summed E-state index contributed by atoms with van der Waals surface area (Å²) in [6, 6.07) is 15.0. The molecule has 1 fully saturated rings. The van der Waals surface area contributed by atoms with Crippen molar-refractivity contribution in [2.24, 2.45) is 5.92 Å². The van der Waals surface area contributed by atoms with Gasteiger partial charge in [-0.25, -0.2) is 0 Å². The van der Waals surface area contributed by atoms with E-state index in [-0.39, 0.29) is 17.6 Å². The predicted molar refractivity (Wildman–Crippen MR) is 97.1 cm³/mol. The van der Waals surface area contributed by atoms with E-state index in [0.29, 0.717) is 37.2 Å². The van der Waals surface area contributed by atoms with Crippen LogP contribution >= 0.6 is 0 Å². The van der Waals surface area contributed by atoms with Gasteiger partial charge in [0.15, 0.2) is 5.78 Å². The van der Waals surface area contributed by atoms with E-state index in [1.54, 1.807) is 19.2 Å². The van der Waals surface area contributed by atoms with E-state index < -0.39 is 0 Å². The first-order chi connectivity index (χ1) is 12.1. The third kappa shape index (κ3) is 3.73. The van der Waals surface area contributed by atoms with Crippen LogP contribution in [0.2, 0.25) is 0 Å². The van der Waals surface area contributed by atoms with Crippen molar-refractivity contribution in [1.82, 2.24) is 4.90 Å². The number of hydrogen-bond donors (Lipinski definition) is 0. The number of carbonyl (C=O) groups excluding carboxylic acids is 2. The number of para-hydroxylation sites is 1. The van der Waals surface area contributed by atoms with E-state index in [1.165, 1.54) is 0 Å². The number of aryl methyl sites for hydroxylation is 1. The van der Waals surface area contributed by atoms with Crippen LogP contribution in [0.3, 0.4) is 0 Å². The maximum atomic E-state index is 12.7. The molecule has 0 N–H and O–H groups in total. The summed E-state index contributed by atoms with van der Waals surface area (Å²) in [7, 11) is 1.57. The maximum Gasteiger partial charge on any atom is 0.257 e. The lowest BCUT2D eigenvalue weighted by Crippen LogP contribution is -2.40. The van der Waals surface area contributed by atoms with Gasteiger partial charge in [0.1, 0.15) is 5.75 Å². The predicted octanol–water partition coefficient (Wildman–Crippen LogP) is 3.74. The Morgan fingerprint density at radius 3 is 2.28 bits per heavy atom. The van der Waals surface area contributed by atoms with Crippen LogP contribution in [-0.2, 0) is 0 Å². The van der Waals surface area contributed by atoms with Crippen LogP contribution in [0.15, 0.2) is 48.5 Å². The molecule has 0 unspecified atom stereocenters. The number of ether oxygens (including phenoxy) is 1. The molecule has 1 heterocycles. The Bertz CT molecular complexity index is 759. The lowest BCUT2D eigenvalue weighted by atomic mass is 9.88. The topological polar surface area (TPSA) is 46.6 Å². The lowest BCUT2D eigenvalue weighted by Gasteiger charge is -2.31. The number of amides is 1. The number of nitrogens with zero attached hydrogens (tertiary/aromatic N) is 1. The lowest BCUT2D eigenvalue weighted by molar-refractivity contribution is 0.0647. The van der Waals surface area contributed by atoms with Gasteiger partial charge in [-0.05, 0) is 31.9 Å². The molecule has 0 aromatic heterocycles. The number of Topliss-reactive ketones (excluding diaryl/α,β-unsaturated/α-hetero) is 1. The summed E-state index contributed by atoms with van der Waals surface area (Å²) in [5.41, 5.74) is 2.49. The highest BCUT2D eigenvalue weighted by Crippen LogP contribution is 2.25. The first kappa shape index (κ1) is 17.2. The molecule has 1 saturated heterocycles. The standard InChI is InChI=1S/C21H23NO3/c1-15-7-9-16(10-8-15)20(23)17-11-13-22(14-12-17)21(24)18-5-3-4-6-19(18)25-2/h3-10,17H,11-14H2,1-2H3. The molecule has 0 aliphatic carbocycles. The number of rotatable bonds is 4.